The number of nitrogens with one attached hydrogen (secondary N) is 1. The van der Waals surface area contributed by atoms with Gasteiger partial charge in [0.05, 0.1) is 5.69 Å². The Morgan fingerprint density at radius 2 is 1.62 bits per heavy atom. The molecule has 1 aromatic heterocycles. The van der Waals surface area contributed by atoms with E-state index in [2.05, 4.69) is 5.32 Å². The number of carbonyl (C=O) groups is 1. The molecule has 1 N–H and O–H groups in total. The van der Waals surface area contributed by atoms with Crippen LogP contribution in [0, 0.1) is 20.8 Å². The first-order valence-corrected chi connectivity index (χ1v) is 11.6. The molecule has 0 saturated carbocycles. The molecule has 34 heavy (non-hydrogen) atoms. The van der Waals surface area contributed by atoms with Crippen molar-refractivity contribution in [2.24, 2.45) is 0 Å². The fraction of sp³-hybridized carbons (Fsp3) is 0.143. The van der Waals surface area contributed by atoms with E-state index in [1.807, 2.05) is 86.0 Å². The van der Waals surface area contributed by atoms with E-state index < -0.39 is 5.91 Å². The van der Waals surface area contributed by atoms with Crippen molar-refractivity contribution >= 4 is 34.8 Å². The van der Waals surface area contributed by atoms with Crippen molar-refractivity contribution in [3.63, 3.8) is 0 Å². The van der Waals surface area contributed by atoms with E-state index in [0.717, 1.165) is 22.4 Å². The molecule has 0 aliphatic heterocycles. The minimum absolute atomic E-state index is 0.0496. The minimum atomic E-state index is -0.474. The summed E-state index contributed by atoms with van der Waals surface area (Å²) in [7, 11) is 0. The molecule has 0 aliphatic rings. The first-order chi connectivity index (χ1) is 16.3. The van der Waals surface area contributed by atoms with Crippen molar-refractivity contribution in [3.05, 3.63) is 121 Å². The van der Waals surface area contributed by atoms with E-state index in [0.29, 0.717) is 33.5 Å². The second-order valence-corrected chi connectivity index (χ2v) is 9.11. The topological polar surface area (TPSA) is 51.1 Å². The van der Waals surface area contributed by atoms with Gasteiger partial charge in [0.2, 0.25) is 0 Å². The van der Waals surface area contributed by atoms with Crippen LogP contribution in [-0.2, 0) is 6.54 Å². The summed E-state index contributed by atoms with van der Waals surface area (Å²) >= 11 is 12.6. The molecule has 0 spiro atoms. The number of nitrogens with zero attached hydrogens (tertiary/aromatic N) is 1. The van der Waals surface area contributed by atoms with Crippen LogP contribution in [0.2, 0.25) is 10.0 Å². The lowest BCUT2D eigenvalue weighted by Crippen LogP contribution is -2.27. The van der Waals surface area contributed by atoms with Crippen molar-refractivity contribution in [2.45, 2.75) is 27.3 Å². The van der Waals surface area contributed by atoms with E-state index in [4.69, 9.17) is 23.2 Å². The number of aryl methyl sites for hydroxylation is 2. The molecule has 3 aromatic carbocycles. The van der Waals surface area contributed by atoms with Crippen LogP contribution in [0.4, 0.5) is 5.69 Å². The van der Waals surface area contributed by atoms with Crippen LogP contribution in [0.15, 0.2) is 77.6 Å². The van der Waals surface area contributed by atoms with Gasteiger partial charge in [-0.3, -0.25) is 9.59 Å². The molecule has 4 nitrogen and oxygen atoms in total. The second kappa shape index (κ2) is 9.88. The molecule has 4 rings (SSSR count). The predicted molar refractivity (Wildman–Crippen MR) is 140 cm³/mol. The molecular weight excluding hydrogens is 467 g/mol. The zero-order valence-electron chi connectivity index (χ0n) is 19.2. The number of rotatable bonds is 5. The van der Waals surface area contributed by atoms with Gasteiger partial charge in [0.15, 0.2) is 5.43 Å². The summed E-state index contributed by atoms with van der Waals surface area (Å²) < 4.78 is 1.95. The number of benzene rings is 3. The Balaban J connectivity index is 1.92. The molecule has 0 fully saturated rings. The van der Waals surface area contributed by atoms with Gasteiger partial charge in [0, 0.05) is 39.6 Å². The van der Waals surface area contributed by atoms with Gasteiger partial charge in [-0.1, -0.05) is 65.7 Å². The first kappa shape index (κ1) is 23.8. The summed E-state index contributed by atoms with van der Waals surface area (Å²) in [5.41, 5.74) is 5.15. The lowest BCUT2D eigenvalue weighted by atomic mass is 10.0. The maximum atomic E-state index is 13.6. The number of halogens is 2. The van der Waals surface area contributed by atoms with Crippen LogP contribution in [0.1, 0.15) is 32.7 Å². The lowest BCUT2D eigenvalue weighted by Gasteiger charge is -2.21. The summed E-state index contributed by atoms with van der Waals surface area (Å²) in [5.74, 6) is -0.474. The van der Waals surface area contributed by atoms with Gasteiger partial charge >= 0.3 is 0 Å². The Morgan fingerprint density at radius 3 is 2.32 bits per heavy atom. The maximum Gasteiger partial charge on any atom is 0.261 e. The highest BCUT2D eigenvalue weighted by Gasteiger charge is 2.24. The monoisotopic (exact) mass is 490 g/mol. The molecule has 0 radical (unpaired) electrons. The minimum Gasteiger partial charge on any atom is -0.340 e. The molecule has 1 amide bonds. The zero-order chi connectivity index (χ0) is 24.4. The van der Waals surface area contributed by atoms with E-state index in [1.165, 1.54) is 6.07 Å². The van der Waals surface area contributed by atoms with E-state index in [1.54, 1.807) is 6.07 Å². The predicted octanol–water partition coefficient (Wildman–Crippen LogP) is 7.05. The van der Waals surface area contributed by atoms with E-state index in [9.17, 15) is 9.59 Å². The third-order valence-corrected chi connectivity index (χ3v) is 6.56. The van der Waals surface area contributed by atoms with Gasteiger partial charge in [-0.15, -0.1) is 0 Å². The third-order valence-electron chi connectivity index (χ3n) is 5.98. The van der Waals surface area contributed by atoms with Gasteiger partial charge in [0.1, 0.15) is 5.56 Å². The molecule has 172 valence electrons. The van der Waals surface area contributed by atoms with Crippen LogP contribution in [0.25, 0.3) is 11.3 Å². The Kier molecular flexibility index (Phi) is 6.92. The van der Waals surface area contributed by atoms with Crippen molar-refractivity contribution in [1.82, 2.24) is 4.57 Å². The average Bonchev–Trinajstić information content (AvgIpc) is 2.80. The SMILES string of the molecule is Cc1cccc(NC(=O)c2c(-c3ccccc3Cl)n(Cc3ccc(Cl)cc3)c(C)cc2=O)c1C. The molecule has 0 aliphatic carbocycles. The zero-order valence-corrected chi connectivity index (χ0v) is 20.7. The number of aromatic nitrogens is 1. The highest BCUT2D eigenvalue weighted by molar-refractivity contribution is 6.33. The highest BCUT2D eigenvalue weighted by Crippen LogP contribution is 2.31. The standard InChI is InChI=1S/C28H24Cl2N2O2/c1-17-7-6-10-24(19(17)3)31-28(34)26-25(33)15-18(2)32(16-20-11-13-21(29)14-12-20)27(26)22-8-4-5-9-23(22)30/h4-15H,16H2,1-3H3,(H,31,34). The number of anilines is 1. The fourth-order valence-electron chi connectivity index (χ4n) is 3.97. The van der Waals surface area contributed by atoms with Gasteiger partial charge in [-0.25, -0.2) is 0 Å². The Morgan fingerprint density at radius 1 is 0.912 bits per heavy atom. The Hall–Kier alpha value is -3.34. The molecule has 0 atom stereocenters. The number of amides is 1. The summed E-state index contributed by atoms with van der Waals surface area (Å²) in [5, 5.41) is 4.04. The quantitative estimate of drug-likeness (QED) is 0.325. The van der Waals surface area contributed by atoms with Crippen molar-refractivity contribution in [3.8, 4) is 11.3 Å². The number of hydrogen-bond acceptors (Lipinski definition) is 2. The molecule has 4 aromatic rings. The molecule has 0 bridgehead atoms. The Bertz CT molecular complexity index is 1440. The average molecular weight is 491 g/mol. The smallest absolute Gasteiger partial charge is 0.261 e. The molecule has 6 heteroatoms. The van der Waals surface area contributed by atoms with Crippen molar-refractivity contribution in [2.75, 3.05) is 5.32 Å². The van der Waals surface area contributed by atoms with Crippen LogP contribution in [0.3, 0.4) is 0 Å². The number of carbonyl (C=O) groups excluding carboxylic acids is 1. The summed E-state index contributed by atoms with van der Waals surface area (Å²) in [6, 6.07) is 21.9. The van der Waals surface area contributed by atoms with Gasteiger partial charge in [0.25, 0.3) is 5.91 Å². The number of pyridine rings is 1. The first-order valence-electron chi connectivity index (χ1n) is 10.9. The van der Waals surface area contributed by atoms with Crippen LogP contribution in [-0.4, -0.2) is 10.5 Å². The largest absolute Gasteiger partial charge is 0.340 e. The van der Waals surface area contributed by atoms with Crippen molar-refractivity contribution in [1.29, 1.82) is 0 Å². The number of hydrogen-bond donors (Lipinski definition) is 1. The van der Waals surface area contributed by atoms with Crippen molar-refractivity contribution < 1.29 is 4.79 Å². The van der Waals surface area contributed by atoms with E-state index in [-0.39, 0.29) is 11.0 Å². The normalized spacial score (nSPS) is 10.9. The van der Waals surface area contributed by atoms with Gasteiger partial charge in [-0.05, 0) is 61.7 Å². The fourth-order valence-corrected chi connectivity index (χ4v) is 4.32. The summed E-state index contributed by atoms with van der Waals surface area (Å²) in [6.07, 6.45) is 0. The van der Waals surface area contributed by atoms with Gasteiger partial charge in [-0.2, -0.15) is 0 Å². The Labute approximate surface area is 208 Å². The van der Waals surface area contributed by atoms with Crippen LogP contribution in [0.5, 0.6) is 0 Å². The highest BCUT2D eigenvalue weighted by atomic mass is 35.5. The lowest BCUT2D eigenvalue weighted by molar-refractivity contribution is 0.102. The van der Waals surface area contributed by atoms with Crippen LogP contribution < -0.4 is 10.7 Å². The van der Waals surface area contributed by atoms with Gasteiger partial charge < -0.3 is 9.88 Å². The molecule has 0 unspecified atom stereocenters. The molecule has 0 saturated heterocycles. The third kappa shape index (κ3) is 4.79. The summed E-state index contributed by atoms with van der Waals surface area (Å²) in [4.78, 5) is 26.8. The summed E-state index contributed by atoms with van der Waals surface area (Å²) in [6.45, 7) is 6.21. The maximum absolute atomic E-state index is 13.6. The van der Waals surface area contributed by atoms with E-state index >= 15 is 0 Å². The molecule has 1 heterocycles. The second-order valence-electron chi connectivity index (χ2n) is 8.27. The molecular formula is C28H24Cl2N2O2. The van der Waals surface area contributed by atoms with Crippen LogP contribution >= 0.6 is 23.2 Å².